The van der Waals surface area contributed by atoms with E-state index in [4.69, 9.17) is 0 Å². The van der Waals surface area contributed by atoms with E-state index in [0.29, 0.717) is 0 Å². The van der Waals surface area contributed by atoms with E-state index < -0.39 is 0 Å². The van der Waals surface area contributed by atoms with Crippen LogP contribution in [0.3, 0.4) is 0 Å². The van der Waals surface area contributed by atoms with E-state index in [1.807, 2.05) is 0 Å². The van der Waals surface area contributed by atoms with E-state index in [0.717, 1.165) is 49.5 Å². The molecule has 0 aliphatic heterocycles. The van der Waals surface area contributed by atoms with Crippen molar-refractivity contribution in [3.8, 4) is 11.3 Å². The van der Waals surface area contributed by atoms with Gasteiger partial charge < -0.3 is 9.88 Å². The Morgan fingerprint density at radius 1 is 1.06 bits per heavy atom. The Kier molecular flexibility index (Phi) is 8.47. The van der Waals surface area contributed by atoms with Gasteiger partial charge >= 0.3 is 0 Å². The second kappa shape index (κ2) is 11.7. The standard InChI is InChI=1S/C30H42N2O/c1-3-4-19-31-30(33)28-21-29(32(23(28)2)22-26-13-9-6-10-14-26)27-17-15-25(16-18-27)20-24-11-7-5-8-12-24/h11,15-18,21,26H,3-10,12-14,19-20,22H2,1-2H3,(H,31,33). The van der Waals surface area contributed by atoms with Crippen molar-refractivity contribution in [1.29, 1.82) is 0 Å². The zero-order valence-corrected chi connectivity index (χ0v) is 20.8. The maximum atomic E-state index is 13.0. The minimum atomic E-state index is 0.0745. The molecule has 0 atom stereocenters. The van der Waals surface area contributed by atoms with E-state index in [2.05, 4.69) is 60.1 Å². The molecule has 0 radical (unpaired) electrons. The maximum absolute atomic E-state index is 13.0. The van der Waals surface area contributed by atoms with Gasteiger partial charge in [-0.1, -0.05) is 68.5 Å². The van der Waals surface area contributed by atoms with Gasteiger partial charge in [-0.05, 0) is 81.4 Å². The van der Waals surface area contributed by atoms with E-state index in [1.54, 1.807) is 5.57 Å². The van der Waals surface area contributed by atoms with Crippen molar-refractivity contribution >= 4 is 5.91 Å². The van der Waals surface area contributed by atoms with Gasteiger partial charge in [-0.25, -0.2) is 0 Å². The van der Waals surface area contributed by atoms with Crippen molar-refractivity contribution in [1.82, 2.24) is 9.88 Å². The molecule has 1 N–H and O–H groups in total. The molecule has 1 fully saturated rings. The fraction of sp³-hybridized carbons (Fsp3) is 0.567. The predicted molar refractivity (Wildman–Crippen MR) is 139 cm³/mol. The normalized spacial score (nSPS) is 17.1. The van der Waals surface area contributed by atoms with Gasteiger partial charge in [0.25, 0.3) is 5.91 Å². The van der Waals surface area contributed by atoms with Gasteiger partial charge in [0.05, 0.1) is 5.56 Å². The summed E-state index contributed by atoms with van der Waals surface area (Å²) >= 11 is 0. The van der Waals surface area contributed by atoms with Crippen molar-refractivity contribution < 1.29 is 4.79 Å². The average Bonchev–Trinajstić information content (AvgIpc) is 3.17. The molecule has 3 heteroatoms. The van der Waals surface area contributed by atoms with Gasteiger partial charge in [-0.15, -0.1) is 0 Å². The zero-order valence-electron chi connectivity index (χ0n) is 20.8. The summed E-state index contributed by atoms with van der Waals surface area (Å²) in [6.07, 6.45) is 17.5. The Hall–Kier alpha value is -2.29. The highest BCUT2D eigenvalue weighted by Crippen LogP contribution is 2.32. The molecule has 4 rings (SSSR count). The molecule has 1 aromatic carbocycles. The van der Waals surface area contributed by atoms with Crippen LogP contribution in [0.1, 0.15) is 99.2 Å². The summed E-state index contributed by atoms with van der Waals surface area (Å²) in [6.45, 7) is 6.07. The van der Waals surface area contributed by atoms with Crippen LogP contribution in [0, 0.1) is 12.8 Å². The number of rotatable bonds is 9. The number of unbranched alkanes of at least 4 members (excludes halogenated alkanes) is 1. The zero-order chi connectivity index (χ0) is 23.0. The molecule has 0 spiro atoms. The van der Waals surface area contributed by atoms with Crippen molar-refractivity contribution in [3.05, 3.63) is 58.8 Å². The summed E-state index contributed by atoms with van der Waals surface area (Å²) in [7, 11) is 0. The summed E-state index contributed by atoms with van der Waals surface area (Å²) in [6, 6.07) is 11.3. The van der Waals surface area contributed by atoms with Gasteiger partial charge in [0, 0.05) is 24.5 Å². The third-order valence-electron chi connectivity index (χ3n) is 7.66. The van der Waals surface area contributed by atoms with E-state index in [1.165, 1.54) is 74.6 Å². The summed E-state index contributed by atoms with van der Waals surface area (Å²) in [4.78, 5) is 13.0. The van der Waals surface area contributed by atoms with Gasteiger partial charge in [0.2, 0.25) is 0 Å². The molecule has 2 aliphatic carbocycles. The highest BCUT2D eigenvalue weighted by molar-refractivity contribution is 5.97. The molecule has 33 heavy (non-hydrogen) atoms. The number of aromatic nitrogens is 1. The lowest BCUT2D eigenvalue weighted by molar-refractivity contribution is 0.0952. The fourth-order valence-corrected chi connectivity index (χ4v) is 5.57. The quantitative estimate of drug-likeness (QED) is 0.312. The number of carbonyl (C=O) groups is 1. The molecule has 0 unspecified atom stereocenters. The summed E-state index contributed by atoms with van der Waals surface area (Å²) in [5, 5.41) is 3.13. The van der Waals surface area contributed by atoms with Gasteiger partial charge in [0.1, 0.15) is 0 Å². The molecule has 0 bridgehead atoms. The second-order valence-electron chi connectivity index (χ2n) is 10.2. The Balaban J connectivity index is 1.58. The number of hydrogen-bond acceptors (Lipinski definition) is 1. The number of carbonyl (C=O) groups excluding carboxylic acids is 1. The van der Waals surface area contributed by atoms with Crippen molar-refractivity contribution in [2.75, 3.05) is 6.54 Å². The molecule has 1 amide bonds. The third-order valence-corrected chi connectivity index (χ3v) is 7.66. The molecular weight excluding hydrogens is 404 g/mol. The van der Waals surface area contributed by atoms with Crippen LogP contribution < -0.4 is 5.32 Å². The van der Waals surface area contributed by atoms with Crippen LogP contribution in [0.15, 0.2) is 42.0 Å². The average molecular weight is 447 g/mol. The smallest absolute Gasteiger partial charge is 0.253 e. The summed E-state index contributed by atoms with van der Waals surface area (Å²) in [5.74, 6) is 0.794. The monoisotopic (exact) mass is 446 g/mol. The van der Waals surface area contributed by atoms with Crippen LogP contribution in [0.2, 0.25) is 0 Å². The van der Waals surface area contributed by atoms with Gasteiger partial charge in [0.15, 0.2) is 0 Å². The number of amides is 1. The largest absolute Gasteiger partial charge is 0.352 e. The number of allylic oxidation sites excluding steroid dienone is 2. The third kappa shape index (κ3) is 6.19. The topological polar surface area (TPSA) is 34.0 Å². The number of benzene rings is 1. The molecule has 3 nitrogen and oxygen atoms in total. The lowest BCUT2D eigenvalue weighted by Gasteiger charge is -2.24. The Labute approximate surface area is 200 Å². The van der Waals surface area contributed by atoms with Gasteiger partial charge in [-0.2, -0.15) is 0 Å². The van der Waals surface area contributed by atoms with Crippen LogP contribution in [-0.2, 0) is 13.0 Å². The van der Waals surface area contributed by atoms with Crippen molar-refractivity contribution in [3.63, 3.8) is 0 Å². The first kappa shape index (κ1) is 23.9. The predicted octanol–water partition coefficient (Wildman–Crippen LogP) is 7.62. The fourth-order valence-electron chi connectivity index (χ4n) is 5.57. The SMILES string of the molecule is CCCCNC(=O)c1cc(-c2ccc(CC3=CCCCC3)cc2)n(CC2CCCCC2)c1C. The van der Waals surface area contributed by atoms with Crippen LogP contribution >= 0.6 is 0 Å². The molecule has 2 aliphatic rings. The van der Waals surface area contributed by atoms with Crippen molar-refractivity contribution in [2.24, 2.45) is 5.92 Å². The number of nitrogens with zero attached hydrogens (tertiary/aromatic N) is 1. The second-order valence-corrected chi connectivity index (χ2v) is 10.2. The minimum absolute atomic E-state index is 0.0745. The van der Waals surface area contributed by atoms with Gasteiger partial charge in [-0.3, -0.25) is 4.79 Å². The van der Waals surface area contributed by atoms with E-state index in [9.17, 15) is 4.79 Å². The first-order valence-corrected chi connectivity index (χ1v) is 13.4. The molecule has 0 saturated heterocycles. The molecule has 2 aromatic rings. The maximum Gasteiger partial charge on any atom is 0.253 e. The molecule has 1 saturated carbocycles. The molecule has 1 heterocycles. The van der Waals surface area contributed by atoms with Crippen molar-refractivity contribution in [2.45, 2.75) is 97.4 Å². The summed E-state index contributed by atoms with van der Waals surface area (Å²) < 4.78 is 2.43. The van der Waals surface area contributed by atoms with Crippen LogP contribution in [-0.4, -0.2) is 17.0 Å². The first-order chi connectivity index (χ1) is 16.2. The van der Waals surface area contributed by atoms with Crippen LogP contribution in [0.25, 0.3) is 11.3 Å². The Morgan fingerprint density at radius 3 is 2.55 bits per heavy atom. The first-order valence-electron chi connectivity index (χ1n) is 13.4. The molecular formula is C30H42N2O. The van der Waals surface area contributed by atoms with E-state index >= 15 is 0 Å². The lowest BCUT2D eigenvalue weighted by atomic mass is 9.89. The minimum Gasteiger partial charge on any atom is -0.352 e. The highest BCUT2D eigenvalue weighted by atomic mass is 16.1. The Bertz CT molecular complexity index is 944. The highest BCUT2D eigenvalue weighted by Gasteiger charge is 2.22. The molecule has 1 aromatic heterocycles. The Morgan fingerprint density at radius 2 is 1.85 bits per heavy atom. The number of hydrogen-bond donors (Lipinski definition) is 1. The van der Waals surface area contributed by atoms with Crippen LogP contribution in [0.4, 0.5) is 0 Å². The summed E-state index contributed by atoms with van der Waals surface area (Å²) in [5.41, 5.74) is 7.36. The lowest BCUT2D eigenvalue weighted by Crippen LogP contribution is -2.25. The molecule has 178 valence electrons. The van der Waals surface area contributed by atoms with Crippen LogP contribution in [0.5, 0.6) is 0 Å². The van der Waals surface area contributed by atoms with E-state index in [-0.39, 0.29) is 5.91 Å². The number of nitrogens with one attached hydrogen (secondary N) is 1.